The maximum Gasteiger partial charge on any atom is 0.0273 e. The average Bonchev–Trinajstić information content (AvgIpc) is 1.83. The van der Waals surface area contributed by atoms with Crippen LogP contribution in [-0.2, 0) is 0 Å². The van der Waals surface area contributed by atoms with Gasteiger partial charge < -0.3 is 0 Å². The molecule has 0 N–H and O–H groups in total. The van der Waals surface area contributed by atoms with Gasteiger partial charge in [-0.25, -0.2) is 0 Å². The van der Waals surface area contributed by atoms with Crippen LogP contribution >= 0.6 is 0 Å². The van der Waals surface area contributed by atoms with E-state index in [0.29, 0.717) is 6.04 Å². The van der Waals surface area contributed by atoms with Crippen LogP contribution in [-0.4, -0.2) is 24.5 Å². The maximum atomic E-state index is 2.38. The van der Waals surface area contributed by atoms with Crippen LogP contribution in [0.15, 0.2) is 11.6 Å². The second-order valence-electron chi connectivity index (χ2n) is 2.89. The largest absolute Gasteiger partial charge is 0.300 e. The zero-order valence-corrected chi connectivity index (χ0v) is 6.52. The van der Waals surface area contributed by atoms with Crippen LogP contribution in [0.4, 0.5) is 0 Å². The Kier molecular flexibility index (Phi) is 1.91. The van der Waals surface area contributed by atoms with Gasteiger partial charge in [0.25, 0.3) is 0 Å². The first-order valence-corrected chi connectivity index (χ1v) is 3.58. The standard InChI is InChI=1S/C8H15N/c1-7-5-4-6-9(3)8(7)2/h5,8H,4,6H2,1-3H3. The normalized spacial score (nSPS) is 30.1. The molecule has 1 aliphatic rings. The molecular formula is C8H15N. The molecule has 0 radical (unpaired) electrons. The minimum atomic E-state index is 0.666. The molecule has 1 aliphatic heterocycles. The van der Waals surface area contributed by atoms with Crippen LogP contribution in [0.5, 0.6) is 0 Å². The Morgan fingerprint density at radius 3 is 2.78 bits per heavy atom. The Balaban J connectivity index is 2.62. The van der Waals surface area contributed by atoms with Crippen LogP contribution in [0.1, 0.15) is 20.3 Å². The van der Waals surface area contributed by atoms with E-state index in [1.165, 1.54) is 18.5 Å². The lowest BCUT2D eigenvalue weighted by molar-refractivity contribution is 0.278. The molecule has 9 heavy (non-hydrogen) atoms. The summed E-state index contributed by atoms with van der Waals surface area (Å²) in [7, 11) is 2.18. The van der Waals surface area contributed by atoms with E-state index in [9.17, 15) is 0 Å². The molecule has 0 aromatic carbocycles. The van der Waals surface area contributed by atoms with Crippen molar-refractivity contribution < 1.29 is 0 Å². The van der Waals surface area contributed by atoms with Gasteiger partial charge in [-0.05, 0) is 27.3 Å². The van der Waals surface area contributed by atoms with Crippen molar-refractivity contribution in [1.82, 2.24) is 4.90 Å². The topological polar surface area (TPSA) is 3.24 Å². The van der Waals surface area contributed by atoms with Gasteiger partial charge in [0.15, 0.2) is 0 Å². The monoisotopic (exact) mass is 125 g/mol. The van der Waals surface area contributed by atoms with Gasteiger partial charge in [-0.1, -0.05) is 11.6 Å². The minimum Gasteiger partial charge on any atom is -0.300 e. The number of hydrogen-bond donors (Lipinski definition) is 0. The second-order valence-corrected chi connectivity index (χ2v) is 2.89. The molecular weight excluding hydrogens is 110 g/mol. The molecule has 1 rings (SSSR count). The number of likely N-dealkylation sites (N-methyl/N-ethyl adjacent to an activating group) is 1. The van der Waals surface area contributed by atoms with Crippen molar-refractivity contribution in [1.29, 1.82) is 0 Å². The van der Waals surface area contributed by atoms with Crippen molar-refractivity contribution in [3.63, 3.8) is 0 Å². The molecule has 1 unspecified atom stereocenters. The third-order valence-corrected chi connectivity index (χ3v) is 2.27. The van der Waals surface area contributed by atoms with Gasteiger partial charge in [0.2, 0.25) is 0 Å². The number of nitrogens with zero attached hydrogens (tertiary/aromatic N) is 1. The van der Waals surface area contributed by atoms with Crippen molar-refractivity contribution >= 4 is 0 Å². The smallest absolute Gasteiger partial charge is 0.0273 e. The Morgan fingerprint density at radius 1 is 1.67 bits per heavy atom. The highest BCUT2D eigenvalue weighted by Gasteiger charge is 2.13. The van der Waals surface area contributed by atoms with E-state index in [1.807, 2.05) is 0 Å². The molecule has 1 heteroatoms. The van der Waals surface area contributed by atoms with Gasteiger partial charge >= 0.3 is 0 Å². The van der Waals surface area contributed by atoms with Gasteiger partial charge in [-0.2, -0.15) is 0 Å². The van der Waals surface area contributed by atoms with Crippen molar-refractivity contribution in [3.8, 4) is 0 Å². The zero-order chi connectivity index (χ0) is 6.85. The lowest BCUT2D eigenvalue weighted by Crippen LogP contribution is -2.33. The first-order chi connectivity index (χ1) is 4.22. The van der Waals surface area contributed by atoms with Crippen molar-refractivity contribution in [2.45, 2.75) is 26.3 Å². The number of rotatable bonds is 0. The van der Waals surface area contributed by atoms with Crippen molar-refractivity contribution in [2.24, 2.45) is 0 Å². The predicted molar refractivity (Wildman–Crippen MR) is 40.5 cm³/mol. The highest BCUT2D eigenvalue weighted by Crippen LogP contribution is 2.13. The van der Waals surface area contributed by atoms with E-state index in [0.717, 1.165) is 0 Å². The first kappa shape index (κ1) is 6.81. The Labute approximate surface area is 57.4 Å². The summed E-state index contributed by atoms with van der Waals surface area (Å²) in [6.07, 6.45) is 3.57. The number of hydrogen-bond acceptors (Lipinski definition) is 1. The summed E-state index contributed by atoms with van der Waals surface area (Å²) in [4.78, 5) is 2.38. The fourth-order valence-corrected chi connectivity index (χ4v) is 1.21. The fourth-order valence-electron chi connectivity index (χ4n) is 1.21. The summed E-state index contributed by atoms with van der Waals surface area (Å²) in [5, 5.41) is 0. The van der Waals surface area contributed by atoms with Gasteiger partial charge in [0, 0.05) is 12.6 Å². The average molecular weight is 125 g/mol. The van der Waals surface area contributed by atoms with E-state index in [4.69, 9.17) is 0 Å². The molecule has 1 nitrogen and oxygen atoms in total. The highest BCUT2D eigenvalue weighted by molar-refractivity contribution is 5.09. The molecule has 52 valence electrons. The minimum absolute atomic E-state index is 0.666. The van der Waals surface area contributed by atoms with Crippen molar-refractivity contribution in [2.75, 3.05) is 13.6 Å². The van der Waals surface area contributed by atoms with E-state index in [1.54, 1.807) is 0 Å². The van der Waals surface area contributed by atoms with Gasteiger partial charge in [-0.3, -0.25) is 4.90 Å². The first-order valence-electron chi connectivity index (χ1n) is 3.58. The van der Waals surface area contributed by atoms with Crippen LogP contribution in [0.3, 0.4) is 0 Å². The summed E-state index contributed by atoms with van der Waals surface area (Å²) in [6, 6.07) is 0.666. The SMILES string of the molecule is CC1=CCCN(C)C1C. The molecule has 0 aliphatic carbocycles. The second kappa shape index (κ2) is 2.53. The zero-order valence-electron chi connectivity index (χ0n) is 6.52. The van der Waals surface area contributed by atoms with Gasteiger partial charge in [0.05, 0.1) is 0 Å². The third kappa shape index (κ3) is 1.33. The van der Waals surface area contributed by atoms with Crippen LogP contribution < -0.4 is 0 Å². The van der Waals surface area contributed by atoms with E-state index in [2.05, 4.69) is 31.9 Å². The quantitative estimate of drug-likeness (QED) is 0.445. The third-order valence-electron chi connectivity index (χ3n) is 2.27. The fraction of sp³-hybridized carbons (Fsp3) is 0.750. The molecule has 0 amide bonds. The molecule has 1 atom stereocenters. The lowest BCUT2D eigenvalue weighted by atomic mass is 10.0. The van der Waals surface area contributed by atoms with E-state index in [-0.39, 0.29) is 0 Å². The maximum absolute atomic E-state index is 2.38. The Morgan fingerprint density at radius 2 is 2.33 bits per heavy atom. The molecule has 0 bridgehead atoms. The molecule has 0 saturated carbocycles. The lowest BCUT2D eigenvalue weighted by Gasteiger charge is -2.28. The van der Waals surface area contributed by atoms with Crippen LogP contribution in [0, 0.1) is 0 Å². The van der Waals surface area contributed by atoms with Gasteiger partial charge in [0.1, 0.15) is 0 Å². The van der Waals surface area contributed by atoms with E-state index >= 15 is 0 Å². The van der Waals surface area contributed by atoms with Crippen molar-refractivity contribution in [3.05, 3.63) is 11.6 Å². The summed E-state index contributed by atoms with van der Waals surface area (Å²) >= 11 is 0. The van der Waals surface area contributed by atoms with Crippen LogP contribution in [0.25, 0.3) is 0 Å². The predicted octanol–water partition coefficient (Wildman–Crippen LogP) is 1.66. The Bertz CT molecular complexity index is 127. The molecule has 0 aromatic heterocycles. The summed E-state index contributed by atoms with van der Waals surface area (Å²) < 4.78 is 0. The summed E-state index contributed by atoms with van der Waals surface area (Å²) in [5.41, 5.74) is 1.52. The molecule has 1 heterocycles. The van der Waals surface area contributed by atoms with E-state index < -0.39 is 0 Å². The Hall–Kier alpha value is -0.300. The molecule has 0 aromatic rings. The highest BCUT2D eigenvalue weighted by atomic mass is 15.1. The summed E-state index contributed by atoms with van der Waals surface area (Å²) in [5.74, 6) is 0. The molecule has 0 fully saturated rings. The summed E-state index contributed by atoms with van der Waals surface area (Å²) in [6.45, 7) is 5.68. The molecule has 0 spiro atoms. The molecule has 0 saturated heterocycles. The van der Waals surface area contributed by atoms with Crippen LogP contribution in [0.2, 0.25) is 0 Å². The van der Waals surface area contributed by atoms with Gasteiger partial charge in [-0.15, -0.1) is 0 Å².